The molecule has 0 aliphatic heterocycles. The zero-order chi connectivity index (χ0) is 11.1. The van der Waals surface area contributed by atoms with Crippen LogP contribution in [0, 0.1) is 0 Å². The van der Waals surface area contributed by atoms with Crippen molar-refractivity contribution in [2.45, 2.75) is 18.1 Å². The third-order valence-corrected chi connectivity index (χ3v) is 4.08. The van der Waals surface area contributed by atoms with Crippen LogP contribution in [-0.2, 0) is 10.0 Å². The molecule has 1 aromatic heterocycles. The molecule has 2 rings (SSSR count). The first-order valence-electron chi connectivity index (χ1n) is 4.42. The highest BCUT2D eigenvalue weighted by atomic mass is 35.5. The van der Waals surface area contributed by atoms with E-state index in [0.717, 1.165) is 0 Å². The molecule has 1 heterocycles. The maximum Gasteiger partial charge on any atom is 0.236 e. The predicted molar refractivity (Wildman–Crippen MR) is 59.2 cm³/mol. The number of halogens is 1. The number of nitrogen functional groups attached to an aromatic ring is 1. The summed E-state index contributed by atoms with van der Waals surface area (Å²) in [6.45, 7) is 0. The van der Waals surface area contributed by atoms with E-state index in [1.807, 2.05) is 0 Å². The van der Waals surface area contributed by atoms with Crippen molar-refractivity contribution < 1.29 is 8.42 Å². The van der Waals surface area contributed by atoms with E-state index in [-0.39, 0.29) is 16.9 Å². The molecular weight excluding hydrogens is 238 g/mol. The van der Waals surface area contributed by atoms with Gasteiger partial charge in [-0.15, -0.1) is 0 Å². The summed E-state index contributed by atoms with van der Waals surface area (Å²) in [4.78, 5) is 3.83. The molecule has 0 unspecified atom stereocenters. The fourth-order valence-electron chi connectivity index (χ4n) is 1.18. The van der Waals surface area contributed by atoms with Gasteiger partial charge in [0.25, 0.3) is 0 Å². The van der Waals surface area contributed by atoms with Gasteiger partial charge in [-0.2, -0.15) is 0 Å². The fraction of sp³-hybridized carbons (Fsp3) is 0.375. The summed E-state index contributed by atoms with van der Waals surface area (Å²) in [6, 6.07) is 2.88. The number of nitrogens with two attached hydrogens (primary N) is 1. The Kier molecular flexibility index (Phi) is 2.47. The standard InChI is InChI=1S/C8H10ClN3O2S/c9-5-3-7(10)11-8(4-5)12-15(13,14)6-1-2-6/h3-4,6H,1-2H2,(H3,10,11,12). The van der Waals surface area contributed by atoms with Crippen molar-refractivity contribution in [3.63, 3.8) is 0 Å². The molecule has 0 spiro atoms. The Hall–Kier alpha value is -1.01. The minimum Gasteiger partial charge on any atom is -0.384 e. The summed E-state index contributed by atoms with van der Waals surface area (Å²) in [6.07, 6.45) is 1.40. The molecule has 0 amide bonds. The van der Waals surface area contributed by atoms with Crippen LogP contribution < -0.4 is 10.5 Å². The van der Waals surface area contributed by atoms with E-state index in [0.29, 0.717) is 17.9 Å². The highest BCUT2D eigenvalue weighted by Crippen LogP contribution is 2.29. The number of anilines is 2. The molecule has 1 saturated carbocycles. The van der Waals surface area contributed by atoms with Gasteiger partial charge >= 0.3 is 0 Å². The number of nitrogens with one attached hydrogen (secondary N) is 1. The van der Waals surface area contributed by atoms with Crippen molar-refractivity contribution in [1.82, 2.24) is 4.98 Å². The summed E-state index contributed by atoms with van der Waals surface area (Å²) in [5.41, 5.74) is 5.44. The molecule has 0 atom stereocenters. The topological polar surface area (TPSA) is 85.1 Å². The number of aromatic nitrogens is 1. The quantitative estimate of drug-likeness (QED) is 0.841. The van der Waals surface area contributed by atoms with Gasteiger partial charge < -0.3 is 5.73 Å². The number of hydrogen-bond acceptors (Lipinski definition) is 4. The van der Waals surface area contributed by atoms with Crippen molar-refractivity contribution in [2.75, 3.05) is 10.5 Å². The predicted octanol–water partition coefficient (Wildman–Crippen LogP) is 1.22. The first-order chi connectivity index (χ1) is 6.97. The van der Waals surface area contributed by atoms with E-state index >= 15 is 0 Å². The number of hydrogen-bond donors (Lipinski definition) is 2. The van der Waals surface area contributed by atoms with Crippen molar-refractivity contribution in [1.29, 1.82) is 0 Å². The summed E-state index contributed by atoms with van der Waals surface area (Å²) < 4.78 is 25.5. The molecule has 3 N–H and O–H groups in total. The molecular formula is C8H10ClN3O2S. The fourth-order valence-corrected chi connectivity index (χ4v) is 2.71. The zero-order valence-electron chi connectivity index (χ0n) is 7.77. The number of pyridine rings is 1. The lowest BCUT2D eigenvalue weighted by atomic mass is 10.4. The van der Waals surface area contributed by atoms with Crippen LogP contribution in [0.1, 0.15) is 12.8 Å². The molecule has 15 heavy (non-hydrogen) atoms. The Bertz CT molecular complexity index is 464. The Balaban J connectivity index is 2.23. The number of nitrogens with zero attached hydrogens (tertiary/aromatic N) is 1. The zero-order valence-corrected chi connectivity index (χ0v) is 9.35. The third kappa shape index (κ3) is 2.51. The maximum atomic E-state index is 11.5. The molecule has 0 saturated heterocycles. The third-order valence-electron chi connectivity index (χ3n) is 2.02. The molecule has 1 aromatic rings. The Morgan fingerprint density at radius 3 is 2.67 bits per heavy atom. The van der Waals surface area contributed by atoms with Gasteiger partial charge in [0.1, 0.15) is 11.6 Å². The van der Waals surface area contributed by atoms with Crippen molar-refractivity contribution in [3.05, 3.63) is 17.2 Å². The van der Waals surface area contributed by atoms with Crippen LogP contribution in [0.25, 0.3) is 0 Å². The lowest BCUT2D eigenvalue weighted by Crippen LogP contribution is -2.18. The van der Waals surface area contributed by atoms with E-state index in [1.54, 1.807) is 0 Å². The van der Waals surface area contributed by atoms with E-state index in [2.05, 4.69) is 9.71 Å². The van der Waals surface area contributed by atoms with Gasteiger partial charge in [0, 0.05) is 11.1 Å². The van der Waals surface area contributed by atoms with Gasteiger partial charge in [-0.3, -0.25) is 4.72 Å². The normalized spacial score (nSPS) is 16.3. The van der Waals surface area contributed by atoms with Crippen LogP contribution in [0.5, 0.6) is 0 Å². The first-order valence-corrected chi connectivity index (χ1v) is 6.34. The highest BCUT2D eigenvalue weighted by Gasteiger charge is 2.35. The maximum absolute atomic E-state index is 11.5. The van der Waals surface area contributed by atoms with Gasteiger partial charge in [-0.25, -0.2) is 13.4 Å². The average molecular weight is 248 g/mol. The Morgan fingerprint density at radius 2 is 2.13 bits per heavy atom. The molecule has 0 bridgehead atoms. The second kappa shape index (κ2) is 3.53. The van der Waals surface area contributed by atoms with Crippen LogP contribution in [0.4, 0.5) is 11.6 Å². The summed E-state index contributed by atoms with van der Waals surface area (Å²) >= 11 is 5.72. The van der Waals surface area contributed by atoms with Crippen LogP contribution in [0.3, 0.4) is 0 Å². The average Bonchev–Trinajstić information content (AvgIpc) is 2.80. The molecule has 1 aliphatic carbocycles. The van der Waals surface area contributed by atoms with Crippen molar-refractivity contribution >= 4 is 33.3 Å². The van der Waals surface area contributed by atoms with Crippen molar-refractivity contribution in [3.8, 4) is 0 Å². The summed E-state index contributed by atoms with van der Waals surface area (Å²) in [5, 5.41) is 0.0653. The van der Waals surface area contributed by atoms with Crippen LogP contribution in [0.15, 0.2) is 12.1 Å². The van der Waals surface area contributed by atoms with Gasteiger partial charge in [-0.1, -0.05) is 11.6 Å². The second-order valence-electron chi connectivity index (χ2n) is 3.44. The molecule has 1 aliphatic rings. The Labute approximate surface area is 92.7 Å². The number of rotatable bonds is 3. The molecule has 0 aromatic carbocycles. The smallest absolute Gasteiger partial charge is 0.236 e. The van der Waals surface area contributed by atoms with E-state index in [1.165, 1.54) is 12.1 Å². The molecule has 5 nitrogen and oxygen atoms in total. The first kappa shape index (κ1) is 10.5. The van der Waals surface area contributed by atoms with Crippen LogP contribution in [0.2, 0.25) is 5.02 Å². The molecule has 0 radical (unpaired) electrons. The van der Waals surface area contributed by atoms with Crippen LogP contribution >= 0.6 is 11.6 Å². The minimum atomic E-state index is -3.30. The van der Waals surface area contributed by atoms with Gasteiger partial charge in [0.15, 0.2) is 0 Å². The monoisotopic (exact) mass is 247 g/mol. The van der Waals surface area contributed by atoms with Crippen LogP contribution in [-0.4, -0.2) is 18.7 Å². The molecule has 1 fully saturated rings. The van der Waals surface area contributed by atoms with Gasteiger partial charge in [0.05, 0.1) is 5.25 Å². The summed E-state index contributed by atoms with van der Waals surface area (Å²) in [5.74, 6) is 0.364. The van der Waals surface area contributed by atoms with Crippen molar-refractivity contribution in [2.24, 2.45) is 0 Å². The Morgan fingerprint density at radius 1 is 1.47 bits per heavy atom. The lowest BCUT2D eigenvalue weighted by Gasteiger charge is -2.06. The SMILES string of the molecule is Nc1cc(Cl)cc(NS(=O)(=O)C2CC2)n1. The number of sulfonamides is 1. The lowest BCUT2D eigenvalue weighted by molar-refractivity contribution is 0.600. The molecule has 82 valence electrons. The highest BCUT2D eigenvalue weighted by molar-refractivity contribution is 7.93. The van der Waals surface area contributed by atoms with E-state index < -0.39 is 10.0 Å². The van der Waals surface area contributed by atoms with E-state index in [9.17, 15) is 8.42 Å². The summed E-state index contributed by atoms with van der Waals surface area (Å²) in [7, 11) is -3.30. The molecule has 7 heteroatoms. The van der Waals surface area contributed by atoms with E-state index in [4.69, 9.17) is 17.3 Å². The second-order valence-corrected chi connectivity index (χ2v) is 5.84. The minimum absolute atomic E-state index is 0.173. The van der Waals surface area contributed by atoms with Gasteiger partial charge in [-0.05, 0) is 18.9 Å². The largest absolute Gasteiger partial charge is 0.384 e. The van der Waals surface area contributed by atoms with Gasteiger partial charge in [0.2, 0.25) is 10.0 Å².